The van der Waals surface area contributed by atoms with E-state index in [1.807, 2.05) is 13.8 Å². The molecule has 174 valence electrons. The topological polar surface area (TPSA) is 112 Å². The van der Waals surface area contributed by atoms with Crippen molar-refractivity contribution < 1.29 is 19.1 Å². The number of nitrogens with one attached hydrogen (secondary N) is 1. The van der Waals surface area contributed by atoms with Gasteiger partial charge in [0.05, 0.1) is 23.9 Å². The quantitative estimate of drug-likeness (QED) is 0.401. The monoisotopic (exact) mass is 478 g/mol. The fourth-order valence-electron chi connectivity index (χ4n) is 3.12. The van der Waals surface area contributed by atoms with Gasteiger partial charge >= 0.3 is 5.97 Å². The molecule has 2 aromatic heterocycles. The van der Waals surface area contributed by atoms with Gasteiger partial charge < -0.3 is 14.8 Å². The third-order valence-electron chi connectivity index (χ3n) is 4.89. The summed E-state index contributed by atoms with van der Waals surface area (Å²) in [6.07, 6.45) is 0. The number of amides is 1. The molecule has 0 aliphatic heterocycles. The maximum absolute atomic E-state index is 12.5. The number of para-hydroxylation sites is 1. The number of benzene rings is 2. The Hall–Kier alpha value is -4.05. The van der Waals surface area contributed by atoms with Gasteiger partial charge in [-0.05, 0) is 36.4 Å². The first-order chi connectivity index (χ1) is 16.4. The van der Waals surface area contributed by atoms with Crippen molar-refractivity contribution in [2.24, 2.45) is 0 Å². The number of ether oxygens (including phenoxy) is 2. The number of methoxy groups -OCH3 is 1. The van der Waals surface area contributed by atoms with Gasteiger partial charge in [0.15, 0.2) is 0 Å². The summed E-state index contributed by atoms with van der Waals surface area (Å²) < 4.78 is 11.8. The van der Waals surface area contributed by atoms with Gasteiger partial charge in [-0.15, -0.1) is 0 Å². The molecule has 0 unspecified atom stereocenters. The Morgan fingerprint density at radius 2 is 1.85 bits per heavy atom. The number of hydrogen-bond donors (Lipinski definition) is 1. The Labute approximate surface area is 199 Å². The van der Waals surface area contributed by atoms with Crippen molar-refractivity contribution in [1.29, 1.82) is 0 Å². The third-order valence-corrected chi connectivity index (χ3v) is 6.10. The van der Waals surface area contributed by atoms with E-state index in [-0.39, 0.29) is 24.0 Å². The van der Waals surface area contributed by atoms with Crippen LogP contribution in [0.15, 0.2) is 59.4 Å². The highest BCUT2D eigenvalue weighted by Gasteiger charge is 2.15. The summed E-state index contributed by atoms with van der Waals surface area (Å²) in [4.78, 5) is 42.1. The van der Waals surface area contributed by atoms with Crippen molar-refractivity contribution in [3.63, 3.8) is 0 Å². The Bertz CT molecular complexity index is 1410. The van der Waals surface area contributed by atoms with E-state index in [0.29, 0.717) is 33.2 Å². The number of esters is 1. The second-order valence-corrected chi connectivity index (χ2v) is 8.67. The first kappa shape index (κ1) is 23.1. The molecule has 0 saturated heterocycles. The van der Waals surface area contributed by atoms with Crippen LogP contribution in [-0.2, 0) is 11.3 Å². The molecule has 9 nitrogen and oxygen atoms in total. The number of anilines is 1. The molecule has 2 heterocycles. The summed E-state index contributed by atoms with van der Waals surface area (Å²) in [6, 6.07) is 14.5. The highest BCUT2D eigenvalue weighted by Crippen LogP contribution is 2.21. The van der Waals surface area contributed by atoms with E-state index >= 15 is 0 Å². The van der Waals surface area contributed by atoms with Crippen LogP contribution in [0.3, 0.4) is 0 Å². The van der Waals surface area contributed by atoms with E-state index in [4.69, 9.17) is 9.47 Å². The number of carbonyl (C=O) groups is 2. The Balaban J connectivity index is 1.40. The predicted molar refractivity (Wildman–Crippen MR) is 128 cm³/mol. The molecule has 0 saturated carbocycles. The normalized spacial score (nSPS) is 10.9. The average Bonchev–Trinajstić information content (AvgIpc) is 3.28. The van der Waals surface area contributed by atoms with E-state index in [1.54, 1.807) is 48.5 Å². The van der Waals surface area contributed by atoms with Crippen molar-refractivity contribution >= 4 is 33.9 Å². The molecular weight excluding hydrogens is 456 g/mol. The van der Waals surface area contributed by atoms with E-state index < -0.39 is 5.97 Å². The number of fused-ring (bicyclic) bond motifs is 1. The van der Waals surface area contributed by atoms with Crippen LogP contribution in [0.2, 0.25) is 0 Å². The number of aromatic nitrogens is 3. The highest BCUT2D eigenvalue weighted by atomic mass is 32.1. The minimum atomic E-state index is -0.572. The molecular formula is C24H22N4O5S. The summed E-state index contributed by atoms with van der Waals surface area (Å²) in [5.41, 5.74) is 1.23. The minimum absolute atomic E-state index is 0.147. The smallest absolute Gasteiger partial charge is 0.338 e. The molecule has 2 aromatic carbocycles. The first-order valence-corrected chi connectivity index (χ1v) is 11.3. The fourth-order valence-corrected chi connectivity index (χ4v) is 4.05. The van der Waals surface area contributed by atoms with E-state index in [2.05, 4.69) is 15.4 Å². The maximum Gasteiger partial charge on any atom is 0.338 e. The fraction of sp³-hybridized carbons (Fsp3) is 0.208. The van der Waals surface area contributed by atoms with Gasteiger partial charge in [0.25, 0.3) is 11.5 Å². The zero-order chi connectivity index (χ0) is 24.2. The van der Waals surface area contributed by atoms with Crippen molar-refractivity contribution in [2.45, 2.75) is 26.4 Å². The zero-order valence-corrected chi connectivity index (χ0v) is 19.6. The first-order valence-electron chi connectivity index (χ1n) is 10.5. The van der Waals surface area contributed by atoms with Gasteiger partial charge in [-0.3, -0.25) is 9.59 Å². The van der Waals surface area contributed by atoms with Gasteiger partial charge in [0, 0.05) is 17.7 Å². The summed E-state index contributed by atoms with van der Waals surface area (Å²) in [6.45, 7) is 3.83. The predicted octanol–water partition coefficient (Wildman–Crippen LogP) is 3.89. The molecule has 1 N–H and O–H groups in total. The minimum Gasteiger partial charge on any atom is -0.496 e. The molecule has 0 spiro atoms. The van der Waals surface area contributed by atoms with Crippen molar-refractivity contribution in [2.75, 3.05) is 12.4 Å². The molecule has 34 heavy (non-hydrogen) atoms. The summed E-state index contributed by atoms with van der Waals surface area (Å²) in [5.74, 6) is -0.263. The van der Waals surface area contributed by atoms with Gasteiger partial charge in [0.2, 0.25) is 4.96 Å². The van der Waals surface area contributed by atoms with E-state index in [9.17, 15) is 14.4 Å². The highest BCUT2D eigenvalue weighted by molar-refractivity contribution is 7.16. The SMILES string of the molecule is COc1ccccc1C(=O)Nc1ccc(C(=O)OCc2cc(=O)n3nc(C(C)C)sc3n2)cc1. The molecule has 0 bridgehead atoms. The lowest BCUT2D eigenvalue weighted by Crippen LogP contribution is -2.17. The summed E-state index contributed by atoms with van der Waals surface area (Å²) in [7, 11) is 1.50. The van der Waals surface area contributed by atoms with Crippen LogP contribution in [0, 0.1) is 0 Å². The van der Waals surface area contributed by atoms with Crippen molar-refractivity contribution in [1.82, 2.24) is 14.6 Å². The van der Waals surface area contributed by atoms with Crippen LogP contribution in [0.5, 0.6) is 5.75 Å². The molecule has 0 radical (unpaired) electrons. The van der Waals surface area contributed by atoms with E-state index in [1.165, 1.54) is 29.0 Å². The van der Waals surface area contributed by atoms with Crippen LogP contribution < -0.4 is 15.6 Å². The van der Waals surface area contributed by atoms with Gasteiger partial charge in [-0.2, -0.15) is 9.61 Å². The largest absolute Gasteiger partial charge is 0.496 e. The van der Waals surface area contributed by atoms with Crippen molar-refractivity contribution in [3.05, 3.63) is 86.8 Å². The second-order valence-electron chi connectivity index (χ2n) is 7.68. The molecule has 1 amide bonds. The van der Waals surface area contributed by atoms with Crippen LogP contribution in [-0.4, -0.2) is 33.6 Å². The molecule has 4 rings (SSSR count). The van der Waals surface area contributed by atoms with Crippen LogP contribution in [0.1, 0.15) is 51.2 Å². The Morgan fingerprint density at radius 3 is 2.56 bits per heavy atom. The molecule has 0 fully saturated rings. The molecule has 10 heteroatoms. The van der Waals surface area contributed by atoms with Crippen LogP contribution in [0.25, 0.3) is 4.96 Å². The lowest BCUT2D eigenvalue weighted by atomic mass is 10.1. The third kappa shape index (κ3) is 4.96. The number of nitrogens with zero attached hydrogens (tertiary/aromatic N) is 3. The standard InChI is InChI=1S/C24H22N4O5S/c1-14(2)22-27-28-20(29)12-17(26-24(28)34-22)13-33-23(31)15-8-10-16(11-9-15)25-21(30)18-6-4-5-7-19(18)32-3/h4-12,14H,13H2,1-3H3,(H,25,30). The van der Waals surface area contributed by atoms with Gasteiger partial charge in [-0.1, -0.05) is 37.3 Å². The summed E-state index contributed by atoms with van der Waals surface area (Å²) >= 11 is 1.33. The molecule has 0 aliphatic rings. The van der Waals surface area contributed by atoms with E-state index in [0.717, 1.165) is 5.01 Å². The molecule has 0 aliphatic carbocycles. The van der Waals surface area contributed by atoms with Crippen molar-refractivity contribution in [3.8, 4) is 5.75 Å². The second kappa shape index (κ2) is 9.84. The zero-order valence-electron chi connectivity index (χ0n) is 18.8. The Kier molecular flexibility index (Phi) is 6.69. The molecule has 4 aromatic rings. The van der Waals surface area contributed by atoms with Crippen LogP contribution >= 0.6 is 11.3 Å². The number of rotatable bonds is 7. The molecule has 0 atom stereocenters. The van der Waals surface area contributed by atoms with Crippen LogP contribution in [0.4, 0.5) is 5.69 Å². The number of carbonyl (C=O) groups excluding carboxylic acids is 2. The Morgan fingerprint density at radius 1 is 1.12 bits per heavy atom. The number of hydrogen-bond acceptors (Lipinski definition) is 8. The van der Waals surface area contributed by atoms with Gasteiger partial charge in [0.1, 0.15) is 17.4 Å². The lowest BCUT2D eigenvalue weighted by Gasteiger charge is -2.09. The average molecular weight is 479 g/mol. The summed E-state index contributed by atoms with van der Waals surface area (Å²) in [5, 5.41) is 7.84. The lowest BCUT2D eigenvalue weighted by molar-refractivity contribution is 0.0467. The van der Waals surface area contributed by atoms with Gasteiger partial charge in [-0.25, -0.2) is 9.78 Å². The maximum atomic E-state index is 12.5.